The first-order chi connectivity index (χ1) is 5.43. The van der Waals surface area contributed by atoms with Crippen LogP contribution in [0.5, 0.6) is 0 Å². The third-order valence-electron chi connectivity index (χ3n) is 1.09. The van der Waals surface area contributed by atoms with Crippen molar-refractivity contribution in [3.63, 3.8) is 0 Å². The Morgan fingerprint density at radius 2 is 1.00 bits per heavy atom. The highest BCUT2D eigenvalue weighted by atomic mass is 16.6. The summed E-state index contributed by atoms with van der Waals surface area (Å²) in [5.41, 5.74) is 0. The van der Waals surface area contributed by atoms with Crippen molar-refractivity contribution in [1.82, 2.24) is 0 Å². The number of hydrogen-bond donors (Lipinski definition) is 0. The van der Waals surface area contributed by atoms with Gasteiger partial charge in [0.25, 0.3) is 0 Å². The molecule has 0 N–H and O–H groups in total. The van der Waals surface area contributed by atoms with Crippen molar-refractivity contribution in [2.75, 3.05) is 0 Å². The maximum Gasteiger partial charge on any atom is 0.307 e. The van der Waals surface area contributed by atoms with Crippen molar-refractivity contribution in [1.29, 1.82) is 0 Å². The maximum atomic E-state index is 10.4. The lowest BCUT2D eigenvalue weighted by molar-refractivity contribution is -0.140. The smallest absolute Gasteiger partial charge is 0.307 e. The van der Waals surface area contributed by atoms with Crippen LogP contribution in [0.15, 0.2) is 11.5 Å². The van der Waals surface area contributed by atoms with Gasteiger partial charge in [-0.25, -0.2) is 0 Å². The summed E-state index contributed by atoms with van der Waals surface area (Å²) < 4.78 is 9.35. The summed E-state index contributed by atoms with van der Waals surface area (Å²) in [7, 11) is 0. The fourth-order valence-electron chi connectivity index (χ4n) is 0.575. The van der Waals surface area contributed by atoms with Crippen LogP contribution in [0.2, 0.25) is 0 Å². The Balaban J connectivity index is 4.25. The molecule has 4 nitrogen and oxygen atoms in total. The van der Waals surface area contributed by atoms with Crippen molar-refractivity contribution in [2.45, 2.75) is 27.7 Å². The molecule has 0 aliphatic carbocycles. The molecule has 0 aromatic carbocycles. The zero-order chi connectivity index (χ0) is 9.72. The molecule has 0 rings (SSSR count). The van der Waals surface area contributed by atoms with Gasteiger partial charge in [-0.1, -0.05) is 0 Å². The van der Waals surface area contributed by atoms with Gasteiger partial charge in [0, 0.05) is 13.8 Å². The molecule has 0 aromatic rings. The molecular formula is C8H12O4. The first-order valence-electron chi connectivity index (χ1n) is 3.47. The molecule has 68 valence electrons. The molecule has 0 aliphatic rings. The number of allylic oxidation sites excluding steroid dienone is 2. The van der Waals surface area contributed by atoms with E-state index < -0.39 is 11.9 Å². The third kappa shape index (κ3) is 4.49. The average Bonchev–Trinajstić information content (AvgIpc) is 1.84. The number of esters is 2. The Morgan fingerprint density at radius 3 is 1.17 bits per heavy atom. The molecule has 0 aromatic heterocycles. The monoisotopic (exact) mass is 172 g/mol. The van der Waals surface area contributed by atoms with Gasteiger partial charge in [0.2, 0.25) is 0 Å². The Morgan fingerprint density at radius 1 is 0.750 bits per heavy atom. The van der Waals surface area contributed by atoms with E-state index in [0.29, 0.717) is 11.5 Å². The number of rotatable bonds is 2. The molecule has 0 unspecified atom stereocenters. The molecule has 0 spiro atoms. The predicted molar refractivity (Wildman–Crippen MR) is 41.9 cm³/mol. The molecular weight excluding hydrogens is 160 g/mol. The van der Waals surface area contributed by atoms with Gasteiger partial charge in [0.05, 0.1) is 0 Å². The minimum absolute atomic E-state index is 0.303. The molecule has 4 heteroatoms. The summed E-state index contributed by atoms with van der Waals surface area (Å²) in [6.07, 6.45) is 0. The van der Waals surface area contributed by atoms with E-state index in [9.17, 15) is 9.59 Å². The number of hydrogen-bond acceptors (Lipinski definition) is 4. The summed E-state index contributed by atoms with van der Waals surface area (Å²) in [5, 5.41) is 0. The van der Waals surface area contributed by atoms with E-state index in [1.807, 2.05) is 0 Å². The Kier molecular flexibility index (Phi) is 4.04. The topological polar surface area (TPSA) is 52.6 Å². The number of carbonyl (C=O) groups is 2. The van der Waals surface area contributed by atoms with Crippen LogP contribution in [0.25, 0.3) is 0 Å². The highest BCUT2D eigenvalue weighted by Gasteiger charge is 2.04. The van der Waals surface area contributed by atoms with Crippen molar-refractivity contribution in [3.05, 3.63) is 11.5 Å². The first-order valence-corrected chi connectivity index (χ1v) is 3.47. The van der Waals surface area contributed by atoms with Gasteiger partial charge < -0.3 is 9.47 Å². The minimum atomic E-state index is -0.431. The molecule has 0 saturated heterocycles. The van der Waals surface area contributed by atoms with Crippen LogP contribution < -0.4 is 0 Å². The second kappa shape index (κ2) is 4.54. The summed E-state index contributed by atoms with van der Waals surface area (Å²) in [6, 6.07) is 0. The Hall–Kier alpha value is -1.32. The van der Waals surface area contributed by atoms with E-state index >= 15 is 0 Å². The highest BCUT2D eigenvalue weighted by Crippen LogP contribution is 2.06. The van der Waals surface area contributed by atoms with Crippen LogP contribution >= 0.6 is 0 Å². The highest BCUT2D eigenvalue weighted by molar-refractivity contribution is 5.68. The quantitative estimate of drug-likeness (QED) is 0.466. The van der Waals surface area contributed by atoms with Crippen LogP contribution in [-0.4, -0.2) is 11.9 Å². The lowest BCUT2D eigenvalue weighted by Crippen LogP contribution is -2.03. The Labute approximate surface area is 71.2 Å². The second-order valence-electron chi connectivity index (χ2n) is 2.30. The van der Waals surface area contributed by atoms with E-state index in [4.69, 9.17) is 0 Å². The fourth-order valence-corrected chi connectivity index (χ4v) is 0.575. The Bertz CT molecular complexity index is 203. The predicted octanol–water partition coefficient (Wildman–Crippen LogP) is 1.36. The van der Waals surface area contributed by atoms with Gasteiger partial charge in [-0.05, 0) is 13.8 Å². The van der Waals surface area contributed by atoms with Gasteiger partial charge in [-0.15, -0.1) is 0 Å². The number of carbonyl (C=O) groups excluding carboxylic acids is 2. The van der Waals surface area contributed by atoms with Gasteiger partial charge in [0.1, 0.15) is 11.5 Å². The van der Waals surface area contributed by atoms with Gasteiger partial charge in [-0.2, -0.15) is 0 Å². The summed E-state index contributed by atoms with van der Waals surface area (Å²) in [4.78, 5) is 20.9. The zero-order valence-electron chi connectivity index (χ0n) is 7.63. The molecule has 0 radical (unpaired) electrons. The minimum Gasteiger partial charge on any atom is -0.428 e. The molecule has 0 fully saturated rings. The van der Waals surface area contributed by atoms with E-state index in [2.05, 4.69) is 9.47 Å². The molecule has 0 saturated carbocycles. The second-order valence-corrected chi connectivity index (χ2v) is 2.30. The van der Waals surface area contributed by atoms with Crippen molar-refractivity contribution >= 4 is 11.9 Å². The van der Waals surface area contributed by atoms with Gasteiger partial charge >= 0.3 is 11.9 Å². The van der Waals surface area contributed by atoms with E-state index in [-0.39, 0.29) is 0 Å². The average molecular weight is 172 g/mol. The number of ether oxygens (including phenoxy) is 2. The van der Waals surface area contributed by atoms with E-state index in [1.165, 1.54) is 13.8 Å². The SMILES string of the molecule is CC(=O)OC(C)=C(C)OC(C)=O. The maximum absolute atomic E-state index is 10.4. The van der Waals surface area contributed by atoms with Crippen LogP contribution in [0.4, 0.5) is 0 Å². The lowest BCUT2D eigenvalue weighted by Gasteiger charge is -2.05. The van der Waals surface area contributed by atoms with Crippen molar-refractivity contribution < 1.29 is 19.1 Å². The van der Waals surface area contributed by atoms with Gasteiger partial charge in [0.15, 0.2) is 0 Å². The van der Waals surface area contributed by atoms with Crippen LogP contribution in [-0.2, 0) is 19.1 Å². The summed E-state index contributed by atoms with van der Waals surface area (Å²) >= 11 is 0. The van der Waals surface area contributed by atoms with Crippen LogP contribution in [0, 0.1) is 0 Å². The van der Waals surface area contributed by atoms with Crippen molar-refractivity contribution in [2.24, 2.45) is 0 Å². The molecule has 0 heterocycles. The molecule has 0 aliphatic heterocycles. The first kappa shape index (κ1) is 10.7. The van der Waals surface area contributed by atoms with Crippen molar-refractivity contribution in [3.8, 4) is 0 Å². The van der Waals surface area contributed by atoms with Gasteiger partial charge in [-0.3, -0.25) is 9.59 Å². The normalized spacial score (nSPS) is 11.7. The summed E-state index contributed by atoms with van der Waals surface area (Å²) in [5.74, 6) is -0.256. The molecule has 0 atom stereocenters. The van der Waals surface area contributed by atoms with E-state index in [0.717, 1.165) is 0 Å². The molecule has 0 bridgehead atoms. The van der Waals surface area contributed by atoms with Crippen LogP contribution in [0.3, 0.4) is 0 Å². The third-order valence-corrected chi connectivity index (χ3v) is 1.09. The standard InChI is InChI=1S/C8H12O4/c1-5(11-7(3)9)6(2)12-8(4)10/h1-4H3. The molecule has 0 amide bonds. The zero-order valence-corrected chi connectivity index (χ0v) is 7.63. The van der Waals surface area contributed by atoms with E-state index in [1.54, 1.807) is 13.8 Å². The molecule has 12 heavy (non-hydrogen) atoms. The largest absolute Gasteiger partial charge is 0.428 e. The lowest BCUT2D eigenvalue weighted by atomic mass is 10.4. The fraction of sp³-hybridized carbons (Fsp3) is 0.500. The van der Waals surface area contributed by atoms with Crippen LogP contribution in [0.1, 0.15) is 27.7 Å². The summed E-state index contributed by atoms with van der Waals surface area (Å²) in [6.45, 7) is 5.68.